The van der Waals surface area contributed by atoms with Crippen LogP contribution in [-0.4, -0.2) is 74.9 Å². The lowest BCUT2D eigenvalue weighted by Crippen LogP contribution is -2.37. The number of carbonyl (C=O) groups excluding carboxylic acids is 2. The molecule has 1 N–H and O–H groups in total. The third-order valence-electron chi connectivity index (χ3n) is 20.5. The molecule has 0 saturated carbocycles. The van der Waals surface area contributed by atoms with Crippen molar-refractivity contribution in [1.29, 1.82) is 0 Å². The van der Waals surface area contributed by atoms with Gasteiger partial charge in [0.05, 0.1) is 27.7 Å². The lowest BCUT2D eigenvalue weighted by atomic mass is 10.0. The van der Waals surface area contributed by atoms with Crippen LogP contribution in [0.4, 0.5) is 0 Å². The van der Waals surface area contributed by atoms with Gasteiger partial charge in [-0.2, -0.15) is 0 Å². The number of esters is 2. The summed E-state index contributed by atoms with van der Waals surface area (Å²) in [6.45, 7) is 4.53. The Morgan fingerprint density at radius 1 is 0.316 bits per heavy atom. The van der Waals surface area contributed by atoms with Gasteiger partial charge in [-0.1, -0.05) is 443 Å². The number of carbonyl (C=O) groups is 2. The lowest BCUT2D eigenvalue weighted by molar-refractivity contribution is -0.870. The Morgan fingerprint density at radius 3 is 0.806 bits per heavy atom. The second kappa shape index (κ2) is 79.6. The van der Waals surface area contributed by atoms with Gasteiger partial charge in [0.2, 0.25) is 0 Å². The summed E-state index contributed by atoms with van der Waals surface area (Å²) in [5.41, 5.74) is 0. The number of rotatable bonds is 84. The number of nitrogens with zero attached hydrogens (tertiary/aromatic N) is 1. The fraction of sp³-hybridized carbons (Fsp3) is 0.932. The highest BCUT2D eigenvalue weighted by Gasteiger charge is 2.27. The van der Waals surface area contributed by atoms with Crippen LogP contribution in [0.15, 0.2) is 24.3 Å². The van der Waals surface area contributed by atoms with Gasteiger partial charge < -0.3 is 18.9 Å². The molecule has 0 bridgehead atoms. The van der Waals surface area contributed by atoms with Crippen LogP contribution in [0, 0.1) is 0 Å². The molecule has 0 aromatic heterocycles. The number of phosphoric acid groups is 1. The summed E-state index contributed by atoms with van der Waals surface area (Å²) in [5.74, 6) is -0.766. The summed E-state index contributed by atoms with van der Waals surface area (Å²) >= 11 is 0. The number of hydrogen-bond acceptors (Lipinski definition) is 7. The Labute approximate surface area is 612 Å². The number of quaternary nitrogens is 1. The summed E-state index contributed by atoms with van der Waals surface area (Å²) in [7, 11) is 1.51. The van der Waals surface area contributed by atoms with Gasteiger partial charge >= 0.3 is 19.8 Å². The zero-order valence-electron chi connectivity index (χ0n) is 66.8. The SMILES string of the molecule is CCCCCCC/C=C\C/C=C\CCCCCCCCCCCCCCCCCCCCCCCCCCCC(=O)OC(COC(=O)CCCCCCCCCCCCCCCCCCCCCCCCCCCCCCCCCCCCCCC)COP(=O)(O)OCC[N+](C)(C)C. The quantitative estimate of drug-likeness (QED) is 0.0211. The van der Waals surface area contributed by atoms with Crippen molar-refractivity contribution in [2.75, 3.05) is 47.5 Å². The van der Waals surface area contributed by atoms with Gasteiger partial charge in [-0.05, 0) is 44.9 Å². The molecule has 0 rings (SSSR count). The number of hydrogen-bond donors (Lipinski definition) is 1. The monoisotopic (exact) mass is 1400 g/mol. The van der Waals surface area contributed by atoms with Crippen LogP contribution in [0.2, 0.25) is 0 Å². The van der Waals surface area contributed by atoms with Crippen LogP contribution in [-0.2, 0) is 32.7 Å². The number of ether oxygens (including phenoxy) is 2. The van der Waals surface area contributed by atoms with E-state index in [0.717, 1.165) is 44.9 Å². The van der Waals surface area contributed by atoms with Gasteiger partial charge in [0.1, 0.15) is 19.8 Å². The molecule has 582 valence electrons. The predicted molar refractivity (Wildman–Crippen MR) is 428 cm³/mol. The van der Waals surface area contributed by atoms with Crippen molar-refractivity contribution in [2.45, 2.75) is 482 Å². The maximum atomic E-state index is 12.9. The van der Waals surface area contributed by atoms with E-state index in [9.17, 15) is 19.0 Å². The molecule has 0 aliphatic carbocycles. The molecule has 2 unspecified atom stereocenters. The molecule has 0 aliphatic rings. The van der Waals surface area contributed by atoms with E-state index in [-0.39, 0.29) is 25.6 Å². The van der Waals surface area contributed by atoms with Gasteiger partial charge in [-0.3, -0.25) is 18.6 Å². The van der Waals surface area contributed by atoms with Crippen molar-refractivity contribution in [2.24, 2.45) is 0 Å². The number of unbranched alkanes of at least 4 members (excludes halogenated alkanes) is 66. The van der Waals surface area contributed by atoms with Crippen LogP contribution < -0.4 is 0 Å². The summed E-state index contributed by atoms with van der Waals surface area (Å²) < 4.78 is 34.9. The topological polar surface area (TPSA) is 108 Å². The minimum Gasteiger partial charge on any atom is -0.462 e. The first kappa shape index (κ1) is 96.5. The second-order valence-corrected chi connectivity index (χ2v) is 33.1. The van der Waals surface area contributed by atoms with Gasteiger partial charge in [-0.15, -0.1) is 0 Å². The summed E-state index contributed by atoms with van der Waals surface area (Å²) in [6.07, 6.45) is 104. The van der Waals surface area contributed by atoms with Crippen molar-refractivity contribution < 1.29 is 42.1 Å². The van der Waals surface area contributed by atoms with Crippen LogP contribution in [0.1, 0.15) is 476 Å². The zero-order valence-corrected chi connectivity index (χ0v) is 67.7. The van der Waals surface area contributed by atoms with E-state index in [4.69, 9.17) is 18.5 Å². The maximum Gasteiger partial charge on any atom is 0.472 e. The molecule has 10 heteroatoms. The fourth-order valence-electron chi connectivity index (χ4n) is 13.8. The van der Waals surface area contributed by atoms with Gasteiger partial charge in [0.15, 0.2) is 6.10 Å². The molecule has 2 atom stereocenters. The highest BCUT2D eigenvalue weighted by atomic mass is 31.2. The average Bonchev–Trinajstić information content (AvgIpc) is 1.08. The van der Waals surface area contributed by atoms with Crippen LogP contribution in [0.3, 0.4) is 0 Å². The molecule has 0 radical (unpaired) electrons. The summed E-state index contributed by atoms with van der Waals surface area (Å²) in [4.78, 5) is 36.0. The van der Waals surface area contributed by atoms with E-state index in [0.29, 0.717) is 17.4 Å². The Balaban J connectivity index is 3.84. The molecule has 0 aromatic carbocycles. The summed E-state index contributed by atoms with van der Waals surface area (Å²) in [5, 5.41) is 0. The minimum atomic E-state index is -4.39. The first-order valence-corrected chi connectivity index (χ1v) is 45.6. The number of allylic oxidation sites excluding steroid dienone is 4. The van der Waals surface area contributed by atoms with Crippen molar-refractivity contribution in [3.05, 3.63) is 24.3 Å². The first-order valence-electron chi connectivity index (χ1n) is 44.1. The molecule has 0 heterocycles. The van der Waals surface area contributed by atoms with Gasteiger partial charge in [0.25, 0.3) is 0 Å². The maximum absolute atomic E-state index is 12.9. The molecular weight excluding hydrogens is 1230 g/mol. The Morgan fingerprint density at radius 2 is 0.551 bits per heavy atom. The molecule has 0 saturated heterocycles. The number of phosphoric ester groups is 1. The second-order valence-electron chi connectivity index (χ2n) is 31.6. The smallest absolute Gasteiger partial charge is 0.462 e. The van der Waals surface area contributed by atoms with Crippen LogP contribution in [0.25, 0.3) is 0 Å². The average molecular weight is 1400 g/mol. The lowest BCUT2D eigenvalue weighted by Gasteiger charge is -2.24. The molecule has 0 fully saturated rings. The van der Waals surface area contributed by atoms with E-state index in [1.807, 2.05) is 21.1 Å². The Hall–Kier alpha value is -1.51. The molecule has 98 heavy (non-hydrogen) atoms. The third-order valence-corrected chi connectivity index (χ3v) is 21.5. The largest absolute Gasteiger partial charge is 0.472 e. The van der Waals surface area contributed by atoms with Crippen LogP contribution in [0.5, 0.6) is 0 Å². The Bertz CT molecular complexity index is 1700. The van der Waals surface area contributed by atoms with Crippen molar-refractivity contribution in [1.82, 2.24) is 0 Å². The standard InChI is InChI=1S/C88H172NO8P/c1-6-8-10-12-14-16-18-20-22-24-26-28-30-32-34-36-38-40-42-44-46-48-50-52-54-56-58-60-62-64-66-68-70-72-74-76-78-80-87(90)94-84-86(85-96-98(92,93)95-83-82-89(3,4)5)97-88(91)81-79-77-75-73-71-69-67-65-63-61-59-57-55-53-51-49-47-45-43-41-39-37-35-33-31-29-27-25-23-21-19-17-15-13-11-9-7-2/h19,21,25,27,86H,6-18,20,22-24,26,28-85H2,1-5H3/p+1/b21-19-,27-25-. The number of likely N-dealkylation sites (N-methyl/N-ethyl adjacent to an activating group) is 1. The van der Waals surface area contributed by atoms with E-state index in [1.54, 1.807) is 0 Å². The van der Waals surface area contributed by atoms with Crippen molar-refractivity contribution >= 4 is 19.8 Å². The normalized spacial score (nSPS) is 13.0. The van der Waals surface area contributed by atoms with Crippen LogP contribution >= 0.6 is 7.82 Å². The van der Waals surface area contributed by atoms with E-state index >= 15 is 0 Å². The van der Waals surface area contributed by atoms with E-state index in [1.165, 1.54) is 405 Å². The molecule has 0 aliphatic heterocycles. The predicted octanol–water partition coefficient (Wildman–Crippen LogP) is 29.5. The Kier molecular flexibility index (Phi) is 78.4. The third kappa shape index (κ3) is 83.4. The molecular formula is C88H173NO8P+. The molecule has 0 amide bonds. The van der Waals surface area contributed by atoms with Crippen molar-refractivity contribution in [3.8, 4) is 0 Å². The molecule has 0 spiro atoms. The fourth-order valence-corrected chi connectivity index (χ4v) is 14.5. The highest BCUT2D eigenvalue weighted by Crippen LogP contribution is 2.43. The highest BCUT2D eigenvalue weighted by molar-refractivity contribution is 7.47. The van der Waals surface area contributed by atoms with Gasteiger partial charge in [-0.25, -0.2) is 4.57 Å². The van der Waals surface area contributed by atoms with E-state index in [2.05, 4.69) is 38.2 Å². The molecule has 0 aromatic rings. The molecule has 9 nitrogen and oxygen atoms in total. The first-order chi connectivity index (χ1) is 48.0. The summed E-state index contributed by atoms with van der Waals surface area (Å²) in [6, 6.07) is 0. The van der Waals surface area contributed by atoms with Gasteiger partial charge in [0, 0.05) is 12.8 Å². The van der Waals surface area contributed by atoms with Crippen molar-refractivity contribution in [3.63, 3.8) is 0 Å². The minimum absolute atomic E-state index is 0.0366. The zero-order chi connectivity index (χ0) is 71.1. The van der Waals surface area contributed by atoms with E-state index < -0.39 is 26.5 Å².